The fourth-order valence-electron chi connectivity index (χ4n) is 2.45. The SMILES string of the molecule is CC1(CNc2nc3ccc([N+](=O)[O-])cc3[nH]2)CCC1. The molecule has 0 aliphatic heterocycles. The fourth-order valence-corrected chi connectivity index (χ4v) is 2.45. The molecule has 1 fully saturated rings. The predicted molar refractivity (Wildman–Crippen MR) is 73.2 cm³/mol. The van der Waals surface area contributed by atoms with Gasteiger partial charge in [0.05, 0.1) is 16.0 Å². The monoisotopic (exact) mass is 260 g/mol. The number of hydrogen-bond acceptors (Lipinski definition) is 4. The number of nitrogens with zero attached hydrogens (tertiary/aromatic N) is 2. The lowest BCUT2D eigenvalue weighted by Crippen LogP contribution is -2.33. The molecule has 2 aromatic rings. The molecular weight excluding hydrogens is 244 g/mol. The lowest BCUT2D eigenvalue weighted by atomic mass is 9.70. The second-order valence-electron chi connectivity index (χ2n) is 5.56. The molecule has 0 unspecified atom stereocenters. The number of aromatic amines is 1. The Morgan fingerprint density at radius 3 is 2.95 bits per heavy atom. The van der Waals surface area contributed by atoms with Crippen LogP contribution in [-0.4, -0.2) is 21.4 Å². The van der Waals surface area contributed by atoms with E-state index in [9.17, 15) is 10.1 Å². The molecule has 1 aromatic heterocycles. The standard InChI is InChI=1S/C13H16N4O2/c1-13(5-2-6-13)8-14-12-15-10-4-3-9(17(18)19)7-11(10)16-12/h3-4,7H,2,5-6,8H2,1H3,(H2,14,15,16). The van der Waals surface area contributed by atoms with Crippen molar-refractivity contribution in [1.29, 1.82) is 0 Å². The summed E-state index contributed by atoms with van der Waals surface area (Å²) in [4.78, 5) is 17.8. The number of non-ortho nitro benzene ring substituents is 1. The van der Waals surface area contributed by atoms with Gasteiger partial charge in [0.2, 0.25) is 5.95 Å². The molecule has 0 saturated heterocycles. The zero-order valence-corrected chi connectivity index (χ0v) is 10.8. The van der Waals surface area contributed by atoms with E-state index in [1.807, 2.05) is 0 Å². The third-order valence-corrected chi connectivity index (χ3v) is 3.92. The first kappa shape index (κ1) is 12.0. The van der Waals surface area contributed by atoms with Crippen LogP contribution >= 0.6 is 0 Å². The van der Waals surface area contributed by atoms with Gasteiger partial charge >= 0.3 is 0 Å². The first-order chi connectivity index (χ1) is 9.06. The Bertz CT molecular complexity index is 631. The quantitative estimate of drug-likeness (QED) is 0.653. The second kappa shape index (κ2) is 4.22. The highest BCUT2D eigenvalue weighted by Crippen LogP contribution is 2.40. The first-order valence-corrected chi connectivity index (χ1v) is 6.44. The maximum absolute atomic E-state index is 10.7. The van der Waals surface area contributed by atoms with Crippen molar-refractivity contribution < 1.29 is 4.92 Å². The third-order valence-electron chi connectivity index (χ3n) is 3.92. The molecule has 0 radical (unpaired) electrons. The molecule has 0 amide bonds. The number of imidazole rings is 1. The lowest BCUT2D eigenvalue weighted by Gasteiger charge is -2.38. The molecular formula is C13H16N4O2. The molecule has 100 valence electrons. The van der Waals surface area contributed by atoms with Gasteiger partial charge in [0.1, 0.15) is 0 Å². The van der Waals surface area contributed by atoms with Crippen LogP contribution in [0.2, 0.25) is 0 Å². The minimum absolute atomic E-state index is 0.0775. The van der Waals surface area contributed by atoms with Gasteiger partial charge in [0, 0.05) is 18.7 Å². The molecule has 3 rings (SSSR count). The summed E-state index contributed by atoms with van der Waals surface area (Å²) in [6.45, 7) is 3.14. The fraction of sp³-hybridized carbons (Fsp3) is 0.462. The van der Waals surface area contributed by atoms with E-state index in [1.165, 1.54) is 31.4 Å². The van der Waals surface area contributed by atoms with E-state index in [2.05, 4.69) is 22.2 Å². The average Bonchev–Trinajstić information content (AvgIpc) is 2.75. The van der Waals surface area contributed by atoms with Gasteiger partial charge in [-0.1, -0.05) is 13.3 Å². The molecule has 0 bridgehead atoms. The van der Waals surface area contributed by atoms with Crippen molar-refractivity contribution in [2.45, 2.75) is 26.2 Å². The van der Waals surface area contributed by atoms with Gasteiger partial charge in [-0.15, -0.1) is 0 Å². The summed E-state index contributed by atoms with van der Waals surface area (Å²) in [5.41, 5.74) is 1.88. The van der Waals surface area contributed by atoms with Crippen LogP contribution in [0.25, 0.3) is 11.0 Å². The topological polar surface area (TPSA) is 83.8 Å². The molecule has 0 spiro atoms. The van der Waals surface area contributed by atoms with E-state index >= 15 is 0 Å². The van der Waals surface area contributed by atoms with Crippen molar-refractivity contribution in [3.05, 3.63) is 28.3 Å². The summed E-state index contributed by atoms with van der Waals surface area (Å²) in [5.74, 6) is 0.684. The largest absolute Gasteiger partial charge is 0.355 e. The summed E-state index contributed by atoms with van der Waals surface area (Å²) in [5, 5.41) is 14.0. The van der Waals surface area contributed by atoms with E-state index in [-0.39, 0.29) is 5.69 Å². The van der Waals surface area contributed by atoms with E-state index < -0.39 is 4.92 Å². The molecule has 0 atom stereocenters. The number of fused-ring (bicyclic) bond motifs is 1. The predicted octanol–water partition coefficient (Wildman–Crippen LogP) is 3.07. The Labute approximate surface area is 110 Å². The summed E-state index contributed by atoms with van der Waals surface area (Å²) in [7, 11) is 0. The lowest BCUT2D eigenvalue weighted by molar-refractivity contribution is -0.384. The molecule has 2 N–H and O–H groups in total. The van der Waals surface area contributed by atoms with E-state index in [0.717, 1.165) is 12.1 Å². The van der Waals surface area contributed by atoms with Crippen LogP contribution in [0.1, 0.15) is 26.2 Å². The van der Waals surface area contributed by atoms with Gasteiger partial charge in [0.15, 0.2) is 0 Å². The number of aromatic nitrogens is 2. The van der Waals surface area contributed by atoms with Gasteiger partial charge in [-0.05, 0) is 24.3 Å². The van der Waals surface area contributed by atoms with Crippen LogP contribution in [0.15, 0.2) is 18.2 Å². The first-order valence-electron chi connectivity index (χ1n) is 6.44. The van der Waals surface area contributed by atoms with Crippen LogP contribution in [0.3, 0.4) is 0 Å². The van der Waals surface area contributed by atoms with Gasteiger partial charge < -0.3 is 10.3 Å². The molecule has 6 nitrogen and oxygen atoms in total. The minimum Gasteiger partial charge on any atom is -0.355 e. The van der Waals surface area contributed by atoms with Gasteiger partial charge in [0.25, 0.3) is 5.69 Å². The summed E-state index contributed by atoms with van der Waals surface area (Å²) in [6, 6.07) is 4.65. The maximum atomic E-state index is 10.7. The number of benzene rings is 1. The molecule has 6 heteroatoms. The Morgan fingerprint density at radius 1 is 1.53 bits per heavy atom. The van der Waals surface area contributed by atoms with Crippen molar-refractivity contribution in [2.24, 2.45) is 5.41 Å². The van der Waals surface area contributed by atoms with Gasteiger partial charge in [-0.25, -0.2) is 4.98 Å². The number of H-pyrrole nitrogens is 1. The molecule has 1 aliphatic carbocycles. The van der Waals surface area contributed by atoms with Crippen LogP contribution < -0.4 is 5.32 Å². The molecule has 1 saturated carbocycles. The Hall–Kier alpha value is -2.11. The smallest absolute Gasteiger partial charge is 0.271 e. The number of anilines is 1. The van der Waals surface area contributed by atoms with Crippen molar-refractivity contribution in [3.63, 3.8) is 0 Å². The van der Waals surface area contributed by atoms with Crippen molar-refractivity contribution >= 4 is 22.7 Å². The van der Waals surface area contributed by atoms with Crippen LogP contribution in [0.5, 0.6) is 0 Å². The number of nitro benzene ring substituents is 1. The molecule has 19 heavy (non-hydrogen) atoms. The molecule has 1 heterocycles. The highest BCUT2D eigenvalue weighted by molar-refractivity contribution is 5.79. The van der Waals surface area contributed by atoms with E-state index in [1.54, 1.807) is 6.07 Å². The number of nitrogens with one attached hydrogen (secondary N) is 2. The summed E-state index contributed by atoms with van der Waals surface area (Å²) in [6.07, 6.45) is 3.78. The molecule has 1 aromatic carbocycles. The Kier molecular flexibility index (Phi) is 2.66. The zero-order valence-electron chi connectivity index (χ0n) is 10.8. The van der Waals surface area contributed by atoms with Crippen LogP contribution in [0.4, 0.5) is 11.6 Å². The molecule has 1 aliphatic rings. The number of nitro groups is 1. The van der Waals surface area contributed by atoms with E-state index in [4.69, 9.17) is 0 Å². The van der Waals surface area contributed by atoms with Crippen LogP contribution in [0, 0.1) is 15.5 Å². The van der Waals surface area contributed by atoms with Gasteiger partial charge in [-0.3, -0.25) is 10.1 Å². The summed E-state index contributed by atoms with van der Waals surface area (Å²) >= 11 is 0. The van der Waals surface area contributed by atoms with Crippen molar-refractivity contribution in [1.82, 2.24) is 9.97 Å². The normalized spacial score (nSPS) is 17.1. The number of hydrogen-bond donors (Lipinski definition) is 2. The maximum Gasteiger partial charge on any atom is 0.271 e. The minimum atomic E-state index is -0.400. The highest BCUT2D eigenvalue weighted by Gasteiger charge is 2.31. The average molecular weight is 260 g/mol. The van der Waals surface area contributed by atoms with Crippen molar-refractivity contribution in [2.75, 3.05) is 11.9 Å². The number of rotatable bonds is 4. The third kappa shape index (κ3) is 2.25. The summed E-state index contributed by atoms with van der Waals surface area (Å²) < 4.78 is 0. The van der Waals surface area contributed by atoms with Crippen LogP contribution in [-0.2, 0) is 0 Å². The Morgan fingerprint density at radius 2 is 2.32 bits per heavy atom. The second-order valence-corrected chi connectivity index (χ2v) is 5.56. The van der Waals surface area contributed by atoms with E-state index in [0.29, 0.717) is 16.9 Å². The zero-order chi connectivity index (χ0) is 13.5. The van der Waals surface area contributed by atoms with Crippen molar-refractivity contribution in [3.8, 4) is 0 Å². The van der Waals surface area contributed by atoms with Gasteiger partial charge in [-0.2, -0.15) is 0 Å². The Balaban J connectivity index is 1.79. The highest BCUT2D eigenvalue weighted by atomic mass is 16.6.